The molecule has 0 bridgehead atoms. The molecule has 0 saturated heterocycles. The molecule has 1 fully saturated rings. The van der Waals surface area contributed by atoms with Gasteiger partial charge in [0, 0.05) is 11.6 Å². The van der Waals surface area contributed by atoms with Crippen molar-refractivity contribution in [3.8, 4) is 0 Å². The van der Waals surface area contributed by atoms with Crippen LogP contribution in [0.5, 0.6) is 0 Å². The molecule has 1 saturated carbocycles. The van der Waals surface area contributed by atoms with E-state index in [1.165, 1.54) is 31.4 Å². The lowest BCUT2D eigenvalue weighted by Gasteiger charge is -2.31. The SMILES string of the molecule is CC1=NC2CCCCC2C(C)=N1. The number of rotatable bonds is 0. The summed E-state index contributed by atoms with van der Waals surface area (Å²) < 4.78 is 0. The molecule has 0 radical (unpaired) electrons. The van der Waals surface area contributed by atoms with Crippen LogP contribution in [0.3, 0.4) is 0 Å². The minimum absolute atomic E-state index is 0.566. The Labute approximate surface area is 73.8 Å². The van der Waals surface area contributed by atoms with Crippen LogP contribution in [0.2, 0.25) is 0 Å². The summed E-state index contributed by atoms with van der Waals surface area (Å²) >= 11 is 0. The molecule has 2 aliphatic rings. The summed E-state index contributed by atoms with van der Waals surface area (Å²) in [5, 5.41) is 0. The Morgan fingerprint density at radius 1 is 1.17 bits per heavy atom. The Morgan fingerprint density at radius 2 is 1.92 bits per heavy atom. The number of fused-ring (bicyclic) bond motifs is 1. The third kappa shape index (κ3) is 1.30. The van der Waals surface area contributed by atoms with Crippen LogP contribution in [0, 0.1) is 5.92 Å². The molecule has 0 spiro atoms. The Balaban J connectivity index is 2.21. The van der Waals surface area contributed by atoms with Crippen molar-refractivity contribution in [1.82, 2.24) is 0 Å². The molecule has 0 aromatic carbocycles. The van der Waals surface area contributed by atoms with E-state index in [0.717, 1.165) is 5.84 Å². The van der Waals surface area contributed by atoms with Gasteiger partial charge in [-0.1, -0.05) is 12.8 Å². The maximum absolute atomic E-state index is 4.58. The van der Waals surface area contributed by atoms with E-state index in [4.69, 9.17) is 0 Å². The first-order valence-electron chi connectivity index (χ1n) is 4.87. The first-order chi connectivity index (χ1) is 5.77. The molecule has 2 nitrogen and oxygen atoms in total. The summed E-state index contributed by atoms with van der Waals surface area (Å²) in [6.07, 6.45) is 5.29. The molecule has 2 unspecified atom stereocenters. The zero-order chi connectivity index (χ0) is 8.55. The van der Waals surface area contributed by atoms with E-state index < -0.39 is 0 Å². The lowest BCUT2D eigenvalue weighted by atomic mass is 9.81. The average molecular weight is 164 g/mol. The van der Waals surface area contributed by atoms with Crippen molar-refractivity contribution < 1.29 is 0 Å². The van der Waals surface area contributed by atoms with Gasteiger partial charge in [0.05, 0.1) is 6.04 Å². The van der Waals surface area contributed by atoms with Crippen molar-refractivity contribution in [1.29, 1.82) is 0 Å². The Bertz CT molecular complexity index is 240. The Kier molecular flexibility index (Phi) is 1.99. The fourth-order valence-electron chi connectivity index (χ4n) is 2.36. The Morgan fingerprint density at radius 3 is 2.75 bits per heavy atom. The third-order valence-corrected chi connectivity index (χ3v) is 2.96. The van der Waals surface area contributed by atoms with Crippen LogP contribution >= 0.6 is 0 Å². The van der Waals surface area contributed by atoms with Gasteiger partial charge >= 0.3 is 0 Å². The molecule has 0 aromatic rings. The lowest BCUT2D eigenvalue weighted by Crippen LogP contribution is -2.32. The topological polar surface area (TPSA) is 24.7 Å². The average Bonchev–Trinajstić information content (AvgIpc) is 2.04. The molecule has 66 valence electrons. The fourth-order valence-corrected chi connectivity index (χ4v) is 2.36. The zero-order valence-corrected chi connectivity index (χ0v) is 7.88. The van der Waals surface area contributed by atoms with Crippen molar-refractivity contribution >= 4 is 11.5 Å². The first kappa shape index (κ1) is 7.96. The van der Waals surface area contributed by atoms with E-state index >= 15 is 0 Å². The van der Waals surface area contributed by atoms with Crippen molar-refractivity contribution in [2.75, 3.05) is 0 Å². The van der Waals surface area contributed by atoms with E-state index in [9.17, 15) is 0 Å². The summed E-state index contributed by atoms with van der Waals surface area (Å²) in [5.41, 5.74) is 1.31. The lowest BCUT2D eigenvalue weighted by molar-refractivity contribution is 0.377. The highest BCUT2D eigenvalue weighted by atomic mass is 15.0. The molecule has 0 amide bonds. The highest BCUT2D eigenvalue weighted by molar-refractivity contribution is 5.99. The van der Waals surface area contributed by atoms with Gasteiger partial charge in [-0.2, -0.15) is 0 Å². The molecule has 2 rings (SSSR count). The number of nitrogens with zero attached hydrogens (tertiary/aromatic N) is 2. The van der Waals surface area contributed by atoms with Gasteiger partial charge in [0.15, 0.2) is 0 Å². The van der Waals surface area contributed by atoms with Crippen LogP contribution in [0.1, 0.15) is 39.5 Å². The summed E-state index contributed by atoms with van der Waals surface area (Å²) in [7, 11) is 0. The molecule has 0 aromatic heterocycles. The van der Waals surface area contributed by atoms with Gasteiger partial charge in [-0.25, -0.2) is 4.99 Å². The second-order valence-electron chi connectivity index (χ2n) is 3.89. The predicted molar refractivity (Wildman–Crippen MR) is 52.0 cm³/mol. The largest absolute Gasteiger partial charge is 0.267 e. The number of aliphatic imine (C=N–C) groups is 2. The smallest absolute Gasteiger partial charge is 0.120 e. The van der Waals surface area contributed by atoms with Crippen LogP contribution < -0.4 is 0 Å². The molecule has 1 aliphatic carbocycles. The summed E-state index contributed by atoms with van der Waals surface area (Å²) in [5.74, 6) is 1.65. The van der Waals surface area contributed by atoms with E-state index in [1.54, 1.807) is 0 Å². The van der Waals surface area contributed by atoms with Crippen LogP contribution in [-0.4, -0.2) is 17.6 Å². The molecule has 12 heavy (non-hydrogen) atoms. The summed E-state index contributed by atoms with van der Waals surface area (Å²) in [6, 6.07) is 0.566. The fraction of sp³-hybridized carbons (Fsp3) is 0.800. The van der Waals surface area contributed by atoms with E-state index in [2.05, 4.69) is 16.9 Å². The van der Waals surface area contributed by atoms with E-state index in [-0.39, 0.29) is 0 Å². The van der Waals surface area contributed by atoms with Crippen molar-refractivity contribution in [3.05, 3.63) is 0 Å². The van der Waals surface area contributed by atoms with Gasteiger partial charge in [0.1, 0.15) is 5.84 Å². The standard InChI is InChI=1S/C10H16N2/c1-7-9-5-3-4-6-10(9)12-8(2)11-7/h9-10H,3-6H2,1-2H3. The molecule has 1 aliphatic heterocycles. The maximum Gasteiger partial charge on any atom is 0.120 e. The quantitative estimate of drug-likeness (QED) is 0.525. The normalized spacial score (nSPS) is 35.2. The van der Waals surface area contributed by atoms with Crippen LogP contribution in [0.15, 0.2) is 9.98 Å². The predicted octanol–water partition coefficient (Wildman–Crippen LogP) is 2.44. The second-order valence-corrected chi connectivity index (χ2v) is 3.89. The van der Waals surface area contributed by atoms with Gasteiger partial charge in [-0.05, 0) is 26.7 Å². The maximum atomic E-state index is 4.58. The van der Waals surface area contributed by atoms with Crippen LogP contribution in [0.4, 0.5) is 0 Å². The molecule has 2 heteroatoms. The Hall–Kier alpha value is -0.660. The van der Waals surface area contributed by atoms with Crippen molar-refractivity contribution in [3.63, 3.8) is 0 Å². The minimum Gasteiger partial charge on any atom is -0.267 e. The highest BCUT2D eigenvalue weighted by Crippen LogP contribution is 2.30. The minimum atomic E-state index is 0.566. The third-order valence-electron chi connectivity index (χ3n) is 2.96. The van der Waals surface area contributed by atoms with Crippen LogP contribution in [0.25, 0.3) is 0 Å². The molecular weight excluding hydrogens is 148 g/mol. The van der Waals surface area contributed by atoms with Gasteiger partial charge in [-0.15, -0.1) is 0 Å². The van der Waals surface area contributed by atoms with Crippen molar-refractivity contribution in [2.45, 2.75) is 45.6 Å². The first-order valence-corrected chi connectivity index (χ1v) is 4.87. The highest BCUT2D eigenvalue weighted by Gasteiger charge is 2.29. The van der Waals surface area contributed by atoms with Crippen molar-refractivity contribution in [2.24, 2.45) is 15.9 Å². The molecular formula is C10H16N2. The number of hydrogen-bond donors (Lipinski definition) is 0. The van der Waals surface area contributed by atoms with Gasteiger partial charge in [0.2, 0.25) is 0 Å². The summed E-state index contributed by atoms with van der Waals surface area (Å²) in [6.45, 7) is 4.16. The van der Waals surface area contributed by atoms with Gasteiger partial charge in [-0.3, -0.25) is 4.99 Å². The molecule has 0 N–H and O–H groups in total. The zero-order valence-electron chi connectivity index (χ0n) is 7.88. The van der Waals surface area contributed by atoms with Gasteiger partial charge in [0.25, 0.3) is 0 Å². The number of hydrogen-bond acceptors (Lipinski definition) is 2. The van der Waals surface area contributed by atoms with Crippen LogP contribution in [-0.2, 0) is 0 Å². The van der Waals surface area contributed by atoms with E-state index in [0.29, 0.717) is 12.0 Å². The monoisotopic (exact) mass is 164 g/mol. The molecule has 1 heterocycles. The molecule has 2 atom stereocenters. The summed E-state index contributed by atoms with van der Waals surface area (Å²) in [4.78, 5) is 9.02. The van der Waals surface area contributed by atoms with Gasteiger partial charge < -0.3 is 0 Å². The second kappa shape index (κ2) is 3.00. The number of amidine groups is 1. The van der Waals surface area contributed by atoms with E-state index in [1.807, 2.05) is 6.92 Å².